The van der Waals surface area contributed by atoms with Crippen LogP contribution in [0.5, 0.6) is 0 Å². The average Bonchev–Trinajstić information content (AvgIpc) is 3.46. The summed E-state index contributed by atoms with van der Waals surface area (Å²) in [5.41, 5.74) is 3.96. The third kappa shape index (κ3) is 3.50. The molecule has 0 aliphatic carbocycles. The summed E-state index contributed by atoms with van der Waals surface area (Å²) in [5, 5.41) is 8.27. The number of benzene rings is 2. The maximum absolute atomic E-state index is 14.2. The van der Waals surface area contributed by atoms with E-state index in [-0.39, 0.29) is 29.0 Å². The van der Waals surface area contributed by atoms with Crippen molar-refractivity contribution in [2.24, 2.45) is 7.05 Å². The average molecular weight is 463 g/mol. The minimum absolute atomic E-state index is 0.0423. The molecule has 0 spiro atoms. The van der Waals surface area contributed by atoms with Gasteiger partial charge in [-0.25, -0.2) is 8.78 Å². The molecule has 0 fully saturated rings. The van der Waals surface area contributed by atoms with Crippen molar-refractivity contribution in [3.05, 3.63) is 94.4 Å². The second-order valence-corrected chi connectivity index (χ2v) is 9.14. The lowest BCUT2D eigenvalue weighted by molar-refractivity contribution is 0.0616. The molecule has 1 aliphatic rings. The van der Waals surface area contributed by atoms with E-state index in [1.54, 1.807) is 9.58 Å². The fraction of sp³-hybridized carbons (Fsp3) is 0.269. The van der Waals surface area contributed by atoms with Gasteiger partial charge < -0.3 is 9.42 Å². The second kappa shape index (κ2) is 7.90. The van der Waals surface area contributed by atoms with Crippen LogP contribution >= 0.6 is 0 Å². The molecule has 2 unspecified atom stereocenters. The quantitative estimate of drug-likeness (QED) is 0.421. The molecule has 8 heteroatoms. The maximum atomic E-state index is 14.2. The van der Waals surface area contributed by atoms with Crippen molar-refractivity contribution in [2.75, 3.05) is 6.54 Å². The van der Waals surface area contributed by atoms with Crippen LogP contribution < -0.4 is 0 Å². The first-order chi connectivity index (χ1) is 16.2. The summed E-state index contributed by atoms with van der Waals surface area (Å²) in [5.74, 6) is -1.74. The van der Waals surface area contributed by atoms with E-state index in [0.29, 0.717) is 6.54 Å². The molecule has 0 radical (unpaired) electrons. The number of fused-ring (bicyclic) bond motifs is 1. The number of aromatic nitrogens is 3. The van der Waals surface area contributed by atoms with Crippen LogP contribution in [-0.4, -0.2) is 32.3 Å². The van der Waals surface area contributed by atoms with Crippen molar-refractivity contribution in [1.29, 1.82) is 0 Å². The van der Waals surface area contributed by atoms with Crippen LogP contribution in [0.2, 0.25) is 0 Å². The first kappa shape index (κ1) is 22.0. The third-order valence-corrected chi connectivity index (χ3v) is 6.74. The molecular formula is C26H24F2N4O2. The summed E-state index contributed by atoms with van der Waals surface area (Å²) < 4.78 is 34.5. The third-order valence-electron chi connectivity index (χ3n) is 6.74. The van der Waals surface area contributed by atoms with Gasteiger partial charge in [-0.2, -0.15) is 5.10 Å². The predicted molar refractivity (Wildman–Crippen MR) is 122 cm³/mol. The largest absolute Gasteiger partial charge is 0.355 e. The Labute approximate surface area is 195 Å². The molecule has 1 aliphatic heterocycles. The smallest absolute Gasteiger partial charge is 0.276 e. The molecular weight excluding hydrogens is 438 g/mol. The molecule has 0 bridgehead atoms. The summed E-state index contributed by atoms with van der Waals surface area (Å²) in [6, 6.07) is 10.6. The highest BCUT2D eigenvalue weighted by atomic mass is 19.1. The minimum atomic E-state index is -0.782. The fourth-order valence-electron chi connectivity index (χ4n) is 4.78. The lowest BCUT2D eigenvalue weighted by Crippen LogP contribution is -2.49. The zero-order valence-corrected chi connectivity index (χ0v) is 19.3. The van der Waals surface area contributed by atoms with Crippen molar-refractivity contribution >= 4 is 5.91 Å². The van der Waals surface area contributed by atoms with Crippen LogP contribution in [0.1, 0.15) is 52.6 Å². The van der Waals surface area contributed by atoms with E-state index < -0.39 is 17.0 Å². The summed E-state index contributed by atoms with van der Waals surface area (Å²) >= 11 is 0. The van der Waals surface area contributed by atoms with Crippen LogP contribution in [-0.2, 0) is 12.5 Å². The Morgan fingerprint density at radius 2 is 1.97 bits per heavy atom. The molecule has 6 nitrogen and oxygen atoms in total. The lowest BCUT2D eigenvalue weighted by atomic mass is 9.70. The Balaban J connectivity index is 1.55. The van der Waals surface area contributed by atoms with Gasteiger partial charge in [0, 0.05) is 42.9 Å². The predicted octanol–water partition coefficient (Wildman–Crippen LogP) is 5.18. The van der Waals surface area contributed by atoms with Crippen molar-refractivity contribution < 1.29 is 18.1 Å². The number of aryl methyl sites for hydroxylation is 2. The van der Waals surface area contributed by atoms with E-state index >= 15 is 0 Å². The van der Waals surface area contributed by atoms with E-state index in [2.05, 4.69) is 36.2 Å². The van der Waals surface area contributed by atoms with Crippen LogP contribution in [0.3, 0.4) is 0 Å². The first-order valence-electron chi connectivity index (χ1n) is 11.0. The summed E-state index contributed by atoms with van der Waals surface area (Å²) in [4.78, 5) is 15.4. The fourth-order valence-corrected chi connectivity index (χ4v) is 4.78. The molecule has 174 valence electrons. The molecule has 4 aromatic rings. The molecule has 1 amide bonds. The van der Waals surface area contributed by atoms with Crippen molar-refractivity contribution in [3.8, 4) is 11.3 Å². The van der Waals surface area contributed by atoms with Gasteiger partial charge in [-0.15, -0.1) is 0 Å². The normalized spacial score (nSPS) is 19.8. The van der Waals surface area contributed by atoms with Crippen LogP contribution in [0, 0.1) is 18.6 Å². The van der Waals surface area contributed by atoms with E-state index in [4.69, 9.17) is 4.52 Å². The van der Waals surface area contributed by atoms with Crippen LogP contribution in [0.15, 0.2) is 59.4 Å². The summed E-state index contributed by atoms with van der Waals surface area (Å²) in [6.45, 7) is 6.55. The Bertz CT molecular complexity index is 1410. The molecule has 2 aromatic carbocycles. The van der Waals surface area contributed by atoms with Gasteiger partial charge in [0.25, 0.3) is 5.91 Å². The molecule has 0 N–H and O–H groups in total. The Kier molecular flexibility index (Phi) is 5.11. The van der Waals surface area contributed by atoms with Crippen molar-refractivity contribution in [3.63, 3.8) is 0 Å². The number of rotatable bonds is 3. The van der Waals surface area contributed by atoms with Crippen molar-refractivity contribution in [1.82, 2.24) is 19.8 Å². The van der Waals surface area contributed by atoms with E-state index in [1.165, 1.54) is 12.1 Å². The van der Waals surface area contributed by atoms with E-state index in [0.717, 1.165) is 34.4 Å². The van der Waals surface area contributed by atoms with Crippen molar-refractivity contribution in [2.45, 2.75) is 32.2 Å². The molecule has 2 atom stereocenters. The van der Waals surface area contributed by atoms with E-state index in [9.17, 15) is 13.6 Å². The topological polar surface area (TPSA) is 64.2 Å². The highest BCUT2D eigenvalue weighted by molar-refractivity contribution is 5.94. The molecule has 3 heterocycles. The van der Waals surface area contributed by atoms with Crippen LogP contribution in [0.25, 0.3) is 11.3 Å². The summed E-state index contributed by atoms with van der Waals surface area (Å²) in [7, 11) is 1.86. The van der Waals surface area contributed by atoms with Gasteiger partial charge in [0.05, 0.1) is 17.8 Å². The SMILES string of the molecule is Cc1ccc2c(c1)C(C)(c1cnn(C)c1)CN(C(=O)c1cc(-c3ccc(F)cc3F)on1)C2C. The molecule has 0 saturated heterocycles. The van der Waals surface area contributed by atoms with Crippen LogP contribution in [0.4, 0.5) is 8.78 Å². The Morgan fingerprint density at radius 1 is 1.18 bits per heavy atom. The number of carbonyl (C=O) groups excluding carboxylic acids is 1. The minimum Gasteiger partial charge on any atom is -0.355 e. The molecule has 0 saturated carbocycles. The molecule has 34 heavy (non-hydrogen) atoms. The van der Waals surface area contributed by atoms with Gasteiger partial charge >= 0.3 is 0 Å². The zero-order valence-electron chi connectivity index (χ0n) is 19.3. The number of hydrogen-bond acceptors (Lipinski definition) is 4. The Hall–Kier alpha value is -3.81. The standard InChI is InChI=1S/C26H24F2N4O2/c1-15-5-7-19-16(2)32(14-26(3,21(19)9-15)17-12-29-31(4)13-17)25(33)23-11-24(34-30-23)20-8-6-18(27)10-22(20)28/h5-13,16H,14H2,1-4H3. The highest BCUT2D eigenvalue weighted by Crippen LogP contribution is 2.44. The zero-order chi connectivity index (χ0) is 24.2. The van der Waals surface area contributed by atoms with E-state index in [1.807, 2.05) is 32.4 Å². The monoisotopic (exact) mass is 462 g/mol. The molecule has 2 aromatic heterocycles. The second-order valence-electron chi connectivity index (χ2n) is 9.14. The van der Waals surface area contributed by atoms with Gasteiger partial charge in [0.1, 0.15) is 11.6 Å². The summed E-state index contributed by atoms with van der Waals surface area (Å²) in [6.07, 6.45) is 3.80. The number of carbonyl (C=O) groups is 1. The highest BCUT2D eigenvalue weighted by Gasteiger charge is 2.43. The molecule has 5 rings (SSSR count). The van der Waals surface area contributed by atoms with Gasteiger partial charge in [-0.1, -0.05) is 28.9 Å². The first-order valence-corrected chi connectivity index (χ1v) is 11.0. The Morgan fingerprint density at radius 3 is 2.68 bits per heavy atom. The maximum Gasteiger partial charge on any atom is 0.276 e. The lowest BCUT2D eigenvalue weighted by Gasteiger charge is -2.45. The number of hydrogen-bond donors (Lipinski definition) is 0. The van der Waals surface area contributed by atoms with Gasteiger partial charge in [-0.05, 0) is 44.0 Å². The number of nitrogens with zero attached hydrogens (tertiary/aromatic N) is 4. The van der Waals surface area contributed by atoms with Gasteiger partial charge in [0.15, 0.2) is 11.5 Å². The number of amides is 1. The van der Waals surface area contributed by atoms with Gasteiger partial charge in [-0.3, -0.25) is 9.48 Å². The number of halogens is 2. The van der Waals surface area contributed by atoms with Gasteiger partial charge in [0.2, 0.25) is 0 Å².